The molecule has 2 aromatic carbocycles. The number of aromatic hydroxyl groups is 1. The molecule has 0 aliphatic heterocycles. The average Bonchev–Trinajstić information content (AvgIpc) is 2.40. The molecule has 0 saturated carbocycles. The summed E-state index contributed by atoms with van der Waals surface area (Å²) in [5.74, 6) is 0.0785. The number of aliphatic hydroxyl groups excluding tert-OH is 1. The maximum atomic E-state index is 9.69. The molecular formula is C15H16ClNO2. The van der Waals surface area contributed by atoms with Gasteiger partial charge in [0.2, 0.25) is 0 Å². The first-order valence-corrected chi connectivity index (χ1v) is 6.44. The molecule has 1 atom stereocenters. The molecule has 0 bridgehead atoms. The Morgan fingerprint density at radius 1 is 1.21 bits per heavy atom. The summed E-state index contributed by atoms with van der Waals surface area (Å²) in [7, 11) is 0. The fraction of sp³-hybridized carbons (Fsp3) is 0.200. The molecule has 0 spiro atoms. The van der Waals surface area contributed by atoms with Gasteiger partial charge in [0, 0.05) is 17.8 Å². The van der Waals surface area contributed by atoms with Crippen molar-refractivity contribution in [2.45, 2.75) is 19.6 Å². The molecule has 0 aliphatic carbocycles. The number of hydrogen-bond acceptors (Lipinski definition) is 3. The predicted octanol–water partition coefficient (Wildman–Crippen LogP) is 3.71. The highest BCUT2D eigenvalue weighted by Crippen LogP contribution is 2.26. The first-order chi connectivity index (χ1) is 9.08. The first-order valence-electron chi connectivity index (χ1n) is 6.06. The van der Waals surface area contributed by atoms with Crippen LogP contribution in [0.5, 0.6) is 5.75 Å². The number of halogens is 1. The Labute approximate surface area is 117 Å². The van der Waals surface area contributed by atoms with Crippen LogP contribution >= 0.6 is 11.6 Å². The Morgan fingerprint density at radius 2 is 1.95 bits per heavy atom. The molecule has 100 valence electrons. The van der Waals surface area contributed by atoms with Crippen LogP contribution in [0.3, 0.4) is 0 Å². The van der Waals surface area contributed by atoms with E-state index >= 15 is 0 Å². The van der Waals surface area contributed by atoms with E-state index in [1.54, 1.807) is 25.1 Å². The van der Waals surface area contributed by atoms with Gasteiger partial charge >= 0.3 is 0 Å². The molecular weight excluding hydrogens is 262 g/mol. The van der Waals surface area contributed by atoms with E-state index in [1.807, 2.05) is 24.3 Å². The van der Waals surface area contributed by atoms with E-state index in [4.69, 9.17) is 11.6 Å². The van der Waals surface area contributed by atoms with Gasteiger partial charge in [0.15, 0.2) is 0 Å². The number of aliphatic hydroxyl groups is 1. The molecule has 0 saturated heterocycles. The molecule has 3 nitrogen and oxygen atoms in total. The van der Waals surface area contributed by atoms with Crippen molar-refractivity contribution in [3.05, 3.63) is 58.6 Å². The minimum atomic E-state index is -0.521. The highest BCUT2D eigenvalue weighted by Gasteiger charge is 2.07. The van der Waals surface area contributed by atoms with E-state index in [2.05, 4.69) is 5.32 Å². The summed E-state index contributed by atoms with van der Waals surface area (Å²) >= 11 is 5.86. The van der Waals surface area contributed by atoms with Crippen molar-refractivity contribution in [1.29, 1.82) is 0 Å². The summed E-state index contributed by atoms with van der Waals surface area (Å²) in [6, 6.07) is 12.7. The summed E-state index contributed by atoms with van der Waals surface area (Å²) < 4.78 is 0. The molecule has 0 aromatic heterocycles. The molecule has 3 N–H and O–H groups in total. The quantitative estimate of drug-likeness (QED) is 0.798. The summed E-state index contributed by atoms with van der Waals surface area (Å²) in [5, 5.41) is 22.6. The average molecular weight is 278 g/mol. The van der Waals surface area contributed by atoms with Gasteiger partial charge in [-0.15, -0.1) is 0 Å². The lowest BCUT2D eigenvalue weighted by molar-refractivity contribution is 0.200. The van der Waals surface area contributed by atoms with Gasteiger partial charge in [-0.1, -0.05) is 35.9 Å². The van der Waals surface area contributed by atoms with E-state index in [-0.39, 0.29) is 5.75 Å². The number of rotatable bonds is 4. The Hall–Kier alpha value is -1.71. The van der Waals surface area contributed by atoms with E-state index in [9.17, 15) is 10.2 Å². The van der Waals surface area contributed by atoms with Gasteiger partial charge in [-0.2, -0.15) is 0 Å². The van der Waals surface area contributed by atoms with E-state index < -0.39 is 6.10 Å². The largest absolute Gasteiger partial charge is 0.506 e. The number of para-hydroxylation sites is 1. The van der Waals surface area contributed by atoms with Gasteiger partial charge in [0.05, 0.1) is 11.1 Å². The third-order valence-electron chi connectivity index (χ3n) is 2.91. The van der Waals surface area contributed by atoms with Crippen molar-refractivity contribution in [3.8, 4) is 5.75 Å². The van der Waals surface area contributed by atoms with Crippen molar-refractivity contribution in [1.82, 2.24) is 0 Å². The third-order valence-corrected chi connectivity index (χ3v) is 3.21. The predicted molar refractivity (Wildman–Crippen MR) is 77.5 cm³/mol. The summed E-state index contributed by atoms with van der Waals surface area (Å²) in [4.78, 5) is 0. The fourth-order valence-electron chi connectivity index (χ4n) is 1.88. The molecule has 0 fully saturated rings. The molecule has 19 heavy (non-hydrogen) atoms. The van der Waals surface area contributed by atoms with E-state index in [0.717, 1.165) is 16.8 Å². The van der Waals surface area contributed by atoms with Crippen molar-refractivity contribution in [3.63, 3.8) is 0 Å². The van der Waals surface area contributed by atoms with Crippen LogP contribution in [0.15, 0.2) is 42.5 Å². The molecule has 2 aromatic rings. The van der Waals surface area contributed by atoms with Crippen molar-refractivity contribution >= 4 is 17.3 Å². The number of hydrogen-bond donors (Lipinski definition) is 3. The van der Waals surface area contributed by atoms with Crippen LogP contribution in [0.1, 0.15) is 24.2 Å². The van der Waals surface area contributed by atoms with Crippen LogP contribution < -0.4 is 5.32 Å². The molecule has 2 rings (SSSR count). The first kappa shape index (κ1) is 13.7. The summed E-state index contributed by atoms with van der Waals surface area (Å²) in [5.41, 5.74) is 2.71. The van der Waals surface area contributed by atoms with Gasteiger partial charge in [-0.05, 0) is 30.7 Å². The third kappa shape index (κ3) is 3.40. The molecule has 0 heterocycles. The van der Waals surface area contributed by atoms with Gasteiger partial charge in [0.1, 0.15) is 5.75 Å². The normalized spacial score (nSPS) is 12.2. The molecule has 0 radical (unpaired) electrons. The zero-order valence-corrected chi connectivity index (χ0v) is 11.4. The highest BCUT2D eigenvalue weighted by atomic mass is 35.5. The SMILES string of the molecule is CC(O)c1ccccc1NCc1ccc(O)c(Cl)c1. The van der Waals surface area contributed by atoms with Crippen LogP contribution in [-0.2, 0) is 6.54 Å². The second kappa shape index (κ2) is 5.95. The fourth-order valence-corrected chi connectivity index (χ4v) is 2.08. The van der Waals surface area contributed by atoms with Gasteiger partial charge in [-0.3, -0.25) is 0 Å². The lowest BCUT2D eigenvalue weighted by Gasteiger charge is -2.14. The van der Waals surface area contributed by atoms with Crippen LogP contribution in [-0.4, -0.2) is 10.2 Å². The van der Waals surface area contributed by atoms with Crippen molar-refractivity contribution < 1.29 is 10.2 Å². The summed E-state index contributed by atoms with van der Waals surface area (Å²) in [6.45, 7) is 2.31. The highest BCUT2D eigenvalue weighted by molar-refractivity contribution is 6.32. The number of benzene rings is 2. The molecule has 1 unspecified atom stereocenters. The standard InChI is InChI=1S/C15H16ClNO2/c1-10(18)12-4-2-3-5-14(12)17-9-11-6-7-15(19)13(16)8-11/h2-8,10,17-19H,9H2,1H3. The van der Waals surface area contributed by atoms with Crippen LogP contribution in [0.2, 0.25) is 5.02 Å². The van der Waals surface area contributed by atoms with E-state index in [1.165, 1.54) is 0 Å². The molecule has 4 heteroatoms. The Kier molecular flexibility index (Phi) is 4.30. The van der Waals surface area contributed by atoms with Gasteiger partial charge in [-0.25, -0.2) is 0 Å². The van der Waals surface area contributed by atoms with Crippen LogP contribution in [0.25, 0.3) is 0 Å². The minimum Gasteiger partial charge on any atom is -0.506 e. The smallest absolute Gasteiger partial charge is 0.134 e. The van der Waals surface area contributed by atoms with Gasteiger partial charge < -0.3 is 15.5 Å². The van der Waals surface area contributed by atoms with Gasteiger partial charge in [0.25, 0.3) is 0 Å². The van der Waals surface area contributed by atoms with Crippen LogP contribution in [0.4, 0.5) is 5.69 Å². The second-order valence-electron chi connectivity index (χ2n) is 4.40. The Morgan fingerprint density at radius 3 is 2.63 bits per heavy atom. The van der Waals surface area contributed by atoms with Crippen LogP contribution in [0, 0.1) is 0 Å². The number of phenols is 1. The zero-order chi connectivity index (χ0) is 13.8. The Bertz CT molecular complexity index is 570. The van der Waals surface area contributed by atoms with Crippen molar-refractivity contribution in [2.24, 2.45) is 0 Å². The maximum absolute atomic E-state index is 9.69. The maximum Gasteiger partial charge on any atom is 0.134 e. The number of phenolic OH excluding ortho intramolecular Hbond substituents is 1. The summed E-state index contributed by atoms with van der Waals surface area (Å²) in [6.07, 6.45) is -0.521. The zero-order valence-electron chi connectivity index (χ0n) is 10.6. The minimum absolute atomic E-state index is 0.0785. The number of anilines is 1. The lowest BCUT2D eigenvalue weighted by Crippen LogP contribution is -2.04. The number of nitrogens with one attached hydrogen (secondary N) is 1. The lowest BCUT2D eigenvalue weighted by atomic mass is 10.1. The molecule has 0 aliphatic rings. The topological polar surface area (TPSA) is 52.5 Å². The monoisotopic (exact) mass is 277 g/mol. The van der Waals surface area contributed by atoms with Crippen molar-refractivity contribution in [2.75, 3.05) is 5.32 Å². The second-order valence-corrected chi connectivity index (χ2v) is 4.81. The van der Waals surface area contributed by atoms with E-state index in [0.29, 0.717) is 11.6 Å². The Balaban J connectivity index is 2.12. The molecule has 0 amide bonds.